The van der Waals surface area contributed by atoms with Gasteiger partial charge in [0.2, 0.25) is 5.78 Å². The van der Waals surface area contributed by atoms with Crippen molar-refractivity contribution >= 4 is 28.4 Å². The third kappa shape index (κ3) is 2.09. The fourth-order valence-electron chi connectivity index (χ4n) is 3.88. The molecule has 1 unspecified atom stereocenters. The summed E-state index contributed by atoms with van der Waals surface area (Å²) in [7, 11) is 0. The Morgan fingerprint density at radius 2 is 1.77 bits per heavy atom. The standard InChI is InChI=1S/C22H14O4/c23-17-2-1-11-7-18-15(3-12(11)6-17)5-16-4-13-9-20(24)21(25)10-14(13)8-19(16)22(18)26/h1-8,10,14,23,25H,9H2. The maximum atomic E-state index is 13.0. The third-order valence-electron chi connectivity index (χ3n) is 5.21. The molecule has 4 nitrogen and oxygen atoms in total. The fourth-order valence-corrected chi connectivity index (χ4v) is 3.88. The van der Waals surface area contributed by atoms with Crippen molar-refractivity contribution in [2.24, 2.45) is 5.92 Å². The third-order valence-corrected chi connectivity index (χ3v) is 5.21. The summed E-state index contributed by atoms with van der Waals surface area (Å²) in [5, 5.41) is 21.2. The lowest BCUT2D eigenvalue weighted by atomic mass is 9.75. The lowest BCUT2D eigenvalue weighted by molar-refractivity contribution is -0.117. The van der Waals surface area contributed by atoms with E-state index in [1.54, 1.807) is 18.2 Å². The summed E-state index contributed by atoms with van der Waals surface area (Å²) in [6, 6.07) is 8.81. The average molecular weight is 342 g/mol. The minimum absolute atomic E-state index is 0.0624. The number of carbonyl (C=O) groups is 2. The van der Waals surface area contributed by atoms with Gasteiger partial charge in [-0.25, -0.2) is 0 Å². The van der Waals surface area contributed by atoms with Crippen LogP contribution in [0.5, 0.6) is 5.75 Å². The molecule has 0 spiro atoms. The molecule has 0 amide bonds. The zero-order chi connectivity index (χ0) is 18.0. The van der Waals surface area contributed by atoms with Crippen LogP contribution in [-0.2, 0) is 4.79 Å². The highest BCUT2D eigenvalue weighted by Crippen LogP contribution is 2.40. The molecule has 0 heterocycles. The minimum atomic E-state index is -0.297. The van der Waals surface area contributed by atoms with Crippen molar-refractivity contribution in [2.75, 3.05) is 0 Å². The van der Waals surface area contributed by atoms with Crippen LogP contribution in [0, 0.1) is 5.92 Å². The van der Waals surface area contributed by atoms with Crippen molar-refractivity contribution in [3.05, 3.63) is 82.2 Å². The van der Waals surface area contributed by atoms with Gasteiger partial charge >= 0.3 is 0 Å². The van der Waals surface area contributed by atoms with Crippen LogP contribution in [0.1, 0.15) is 22.3 Å². The first-order valence-electron chi connectivity index (χ1n) is 8.39. The molecule has 0 aromatic heterocycles. The first-order valence-corrected chi connectivity index (χ1v) is 8.39. The molecule has 0 bridgehead atoms. The topological polar surface area (TPSA) is 74.6 Å². The highest BCUT2D eigenvalue weighted by Gasteiger charge is 2.32. The van der Waals surface area contributed by atoms with E-state index in [-0.39, 0.29) is 35.4 Å². The number of aliphatic hydroxyl groups is 1. The van der Waals surface area contributed by atoms with Gasteiger partial charge in [0.25, 0.3) is 0 Å². The molecule has 26 heavy (non-hydrogen) atoms. The first kappa shape index (κ1) is 14.9. The van der Waals surface area contributed by atoms with Crippen molar-refractivity contribution in [1.29, 1.82) is 0 Å². The van der Waals surface area contributed by atoms with Gasteiger partial charge in [0.05, 0.1) is 0 Å². The second-order valence-corrected chi connectivity index (χ2v) is 6.88. The summed E-state index contributed by atoms with van der Waals surface area (Å²) in [6.07, 6.45) is 7.33. The molecule has 0 saturated carbocycles. The predicted molar refractivity (Wildman–Crippen MR) is 97.9 cm³/mol. The zero-order valence-electron chi connectivity index (χ0n) is 13.7. The maximum absolute atomic E-state index is 13.0. The monoisotopic (exact) mass is 342 g/mol. The number of carbonyl (C=O) groups excluding carboxylic acids is 2. The summed E-state index contributed by atoms with van der Waals surface area (Å²) in [4.78, 5) is 24.8. The van der Waals surface area contributed by atoms with E-state index < -0.39 is 0 Å². The van der Waals surface area contributed by atoms with E-state index >= 15 is 0 Å². The quantitative estimate of drug-likeness (QED) is 0.758. The van der Waals surface area contributed by atoms with Crippen molar-refractivity contribution in [3.8, 4) is 5.75 Å². The Labute approximate surface area is 149 Å². The number of benzene rings is 2. The molecule has 2 N–H and O–H groups in total. The summed E-state index contributed by atoms with van der Waals surface area (Å²) in [5.41, 5.74) is 3.70. The molecular formula is C22H14O4. The molecule has 2 aromatic carbocycles. The van der Waals surface area contributed by atoms with E-state index in [1.807, 2.05) is 30.4 Å². The summed E-state index contributed by atoms with van der Waals surface area (Å²) in [6.45, 7) is 0. The van der Waals surface area contributed by atoms with Gasteiger partial charge in [-0.2, -0.15) is 0 Å². The van der Waals surface area contributed by atoms with Gasteiger partial charge < -0.3 is 10.2 Å². The van der Waals surface area contributed by atoms with Gasteiger partial charge in [0, 0.05) is 23.5 Å². The number of rotatable bonds is 0. The molecule has 1 atom stereocenters. The summed E-state index contributed by atoms with van der Waals surface area (Å²) in [5.74, 6) is -0.627. The lowest BCUT2D eigenvalue weighted by Gasteiger charge is -2.27. The summed E-state index contributed by atoms with van der Waals surface area (Å²) < 4.78 is 0. The largest absolute Gasteiger partial charge is 0.508 e. The van der Waals surface area contributed by atoms with E-state index in [0.717, 1.165) is 27.5 Å². The van der Waals surface area contributed by atoms with Gasteiger partial charge in [-0.1, -0.05) is 23.8 Å². The van der Waals surface area contributed by atoms with Crippen LogP contribution in [0.3, 0.4) is 0 Å². The van der Waals surface area contributed by atoms with Crippen molar-refractivity contribution < 1.29 is 19.8 Å². The van der Waals surface area contributed by atoms with E-state index in [9.17, 15) is 19.8 Å². The van der Waals surface area contributed by atoms with Crippen molar-refractivity contribution in [1.82, 2.24) is 0 Å². The van der Waals surface area contributed by atoms with Crippen molar-refractivity contribution in [3.63, 3.8) is 0 Å². The number of aromatic hydroxyl groups is 1. The summed E-state index contributed by atoms with van der Waals surface area (Å²) >= 11 is 0. The normalized spacial score (nSPS) is 21.2. The molecule has 0 aliphatic heterocycles. The highest BCUT2D eigenvalue weighted by atomic mass is 16.3. The highest BCUT2D eigenvalue weighted by molar-refractivity contribution is 6.19. The number of phenols is 1. The smallest absolute Gasteiger partial charge is 0.200 e. The van der Waals surface area contributed by atoms with Crippen LogP contribution >= 0.6 is 0 Å². The minimum Gasteiger partial charge on any atom is -0.508 e. The van der Waals surface area contributed by atoms with Gasteiger partial charge in [0.1, 0.15) is 5.75 Å². The van der Waals surface area contributed by atoms with Crippen LogP contribution in [0.15, 0.2) is 71.0 Å². The van der Waals surface area contributed by atoms with Crippen LogP contribution in [0.4, 0.5) is 0 Å². The Bertz CT molecular complexity index is 1160. The molecule has 0 radical (unpaired) electrons. The Morgan fingerprint density at radius 3 is 2.62 bits per heavy atom. The second-order valence-electron chi connectivity index (χ2n) is 6.88. The molecule has 126 valence electrons. The first-order chi connectivity index (χ1) is 12.5. The number of phenolic OH excluding ortho intramolecular Hbond substituents is 1. The molecule has 0 saturated heterocycles. The van der Waals surface area contributed by atoms with Crippen LogP contribution in [-0.4, -0.2) is 21.8 Å². The molecule has 0 fully saturated rings. The van der Waals surface area contributed by atoms with E-state index in [0.29, 0.717) is 11.1 Å². The van der Waals surface area contributed by atoms with E-state index in [2.05, 4.69) is 0 Å². The number of allylic oxidation sites excluding steroid dienone is 7. The Hall–Kier alpha value is -3.40. The molecular weight excluding hydrogens is 328 g/mol. The zero-order valence-corrected chi connectivity index (χ0v) is 13.7. The Morgan fingerprint density at radius 1 is 0.923 bits per heavy atom. The van der Waals surface area contributed by atoms with Crippen LogP contribution < -0.4 is 0 Å². The fraction of sp³-hybridized carbons (Fsp3) is 0.0909. The Kier molecular flexibility index (Phi) is 2.89. The molecule has 2 aromatic rings. The van der Waals surface area contributed by atoms with Gasteiger partial charge in [-0.3, -0.25) is 9.59 Å². The molecule has 3 aliphatic rings. The second kappa shape index (κ2) is 5.05. The van der Waals surface area contributed by atoms with Gasteiger partial charge in [0.15, 0.2) is 11.5 Å². The maximum Gasteiger partial charge on any atom is 0.200 e. The van der Waals surface area contributed by atoms with Gasteiger partial charge in [-0.15, -0.1) is 0 Å². The number of hydrogen-bond acceptors (Lipinski definition) is 4. The van der Waals surface area contributed by atoms with E-state index in [4.69, 9.17) is 0 Å². The SMILES string of the molecule is O=C1CC2=CC3=Cc4cc5cc(O)ccc5cc4C(=O)C3=CC2C=C1O. The molecule has 5 rings (SSSR count). The number of hydrogen-bond donors (Lipinski definition) is 2. The number of fused-ring (bicyclic) bond motifs is 4. The van der Waals surface area contributed by atoms with Crippen LogP contribution in [0.25, 0.3) is 16.8 Å². The van der Waals surface area contributed by atoms with Crippen molar-refractivity contribution in [2.45, 2.75) is 6.42 Å². The number of Topliss-reactive ketones (excluding diaryl/α,β-unsaturated/α-hetero) is 2. The number of aliphatic hydroxyl groups excluding tert-OH is 1. The molecule has 3 aliphatic carbocycles. The lowest BCUT2D eigenvalue weighted by Crippen LogP contribution is -2.22. The molecule has 4 heteroatoms. The number of ketones is 2. The van der Waals surface area contributed by atoms with Crippen LogP contribution in [0.2, 0.25) is 0 Å². The van der Waals surface area contributed by atoms with E-state index in [1.165, 1.54) is 6.08 Å². The average Bonchev–Trinajstić information content (AvgIpc) is 2.61. The Balaban J connectivity index is 1.70. The van der Waals surface area contributed by atoms with Gasteiger partial charge in [-0.05, 0) is 58.3 Å². The predicted octanol–water partition coefficient (Wildman–Crippen LogP) is 4.02.